The second kappa shape index (κ2) is 25.0. The second-order valence-corrected chi connectivity index (χ2v) is 16.0. The third-order valence-electron chi connectivity index (χ3n) is 9.61. The van der Waals surface area contributed by atoms with Crippen molar-refractivity contribution in [3.63, 3.8) is 0 Å². The van der Waals surface area contributed by atoms with E-state index in [-0.39, 0.29) is 46.4 Å². The fourth-order valence-electron chi connectivity index (χ4n) is 6.56. The van der Waals surface area contributed by atoms with Gasteiger partial charge in [0, 0.05) is 45.4 Å². The highest BCUT2D eigenvalue weighted by atomic mass is 35.5. The molecule has 5 N–H and O–H groups in total. The van der Waals surface area contributed by atoms with Crippen molar-refractivity contribution in [3.8, 4) is 11.5 Å². The molecular weight excluding hydrogens is 772 g/mol. The number of unbranched alkanes of at least 4 members (excludes halogenated alkanes) is 7. The smallest absolute Gasteiger partial charge is 0.306 e. The molecule has 2 aromatic carbocycles. The van der Waals surface area contributed by atoms with Crippen LogP contribution in [0.25, 0.3) is 0 Å². The molecule has 14 nitrogen and oxygen atoms in total. The van der Waals surface area contributed by atoms with Gasteiger partial charge in [-0.05, 0) is 63.6 Å². The minimum atomic E-state index is -1.49. The third kappa shape index (κ3) is 16.8. The lowest BCUT2D eigenvalue weighted by molar-refractivity contribution is -0.261. The number of Topliss-reactive ketones (excluding diaryl/α,β-unsaturated/α-hetero) is 1. The molecule has 2 aromatic rings. The number of esters is 1. The zero-order chi connectivity index (χ0) is 42.7. The van der Waals surface area contributed by atoms with Gasteiger partial charge in [0.25, 0.3) is 5.91 Å². The van der Waals surface area contributed by atoms with Gasteiger partial charge in [0.2, 0.25) is 5.91 Å². The number of hydrogen-bond acceptors (Lipinski definition) is 12. The van der Waals surface area contributed by atoms with Gasteiger partial charge in [-0.3, -0.25) is 19.2 Å². The van der Waals surface area contributed by atoms with Crippen molar-refractivity contribution in [2.45, 2.75) is 147 Å². The van der Waals surface area contributed by atoms with Crippen LogP contribution in [0.1, 0.15) is 119 Å². The quantitative estimate of drug-likeness (QED) is 0.0635. The summed E-state index contributed by atoms with van der Waals surface area (Å²) in [6.07, 6.45) is 4.61. The van der Waals surface area contributed by atoms with Gasteiger partial charge in [0.15, 0.2) is 6.29 Å². The number of halogens is 1. The third-order valence-corrected chi connectivity index (χ3v) is 9.90. The molecule has 3 rings (SSSR count). The normalized spacial score (nSPS) is 19.3. The summed E-state index contributed by atoms with van der Waals surface area (Å²) in [4.78, 5) is 49.9. The van der Waals surface area contributed by atoms with Gasteiger partial charge in [-0.2, -0.15) is 0 Å². The molecule has 1 fully saturated rings. The van der Waals surface area contributed by atoms with Crippen LogP contribution in [-0.2, 0) is 41.6 Å². The monoisotopic (exact) mass is 834 g/mol. The van der Waals surface area contributed by atoms with E-state index >= 15 is 0 Å². The Balaban J connectivity index is 1.33. The molecule has 324 valence electrons. The minimum Gasteiger partial charge on any atom is -0.496 e. The summed E-state index contributed by atoms with van der Waals surface area (Å²) in [7, 11) is 2.69. The van der Waals surface area contributed by atoms with Crippen LogP contribution in [0.2, 0.25) is 5.02 Å². The molecule has 0 unspecified atom stereocenters. The van der Waals surface area contributed by atoms with Gasteiger partial charge in [-0.25, -0.2) is 0 Å². The summed E-state index contributed by atoms with van der Waals surface area (Å²) in [6, 6.07) is 9.23. The molecule has 15 heteroatoms. The van der Waals surface area contributed by atoms with Crippen LogP contribution < -0.4 is 20.1 Å². The molecule has 58 heavy (non-hydrogen) atoms. The molecule has 1 aliphatic heterocycles. The number of ether oxygens (including phenoxy) is 5. The number of carbonyl (C=O) groups excluding carboxylic acids is 4. The highest BCUT2D eigenvalue weighted by Gasteiger charge is 2.45. The molecule has 5 atom stereocenters. The van der Waals surface area contributed by atoms with E-state index in [0.717, 1.165) is 68.9 Å². The maximum Gasteiger partial charge on any atom is 0.306 e. The zero-order valence-electron chi connectivity index (χ0n) is 34.6. The first kappa shape index (κ1) is 48.6. The van der Waals surface area contributed by atoms with E-state index < -0.39 is 48.8 Å². The summed E-state index contributed by atoms with van der Waals surface area (Å²) in [6.45, 7) is 5.77. The van der Waals surface area contributed by atoms with Gasteiger partial charge in [-0.15, -0.1) is 0 Å². The molecule has 0 spiro atoms. The van der Waals surface area contributed by atoms with Crippen LogP contribution in [0, 0.1) is 0 Å². The van der Waals surface area contributed by atoms with Crippen LogP contribution in [0.4, 0.5) is 0 Å². The molecule has 0 bridgehead atoms. The number of rotatable bonds is 25. The van der Waals surface area contributed by atoms with Gasteiger partial charge in [0.1, 0.15) is 53.8 Å². The summed E-state index contributed by atoms with van der Waals surface area (Å²) < 4.78 is 27.4. The van der Waals surface area contributed by atoms with Crippen LogP contribution >= 0.6 is 11.6 Å². The summed E-state index contributed by atoms with van der Waals surface area (Å²) in [5.41, 5.74) is 1.27. The molecule has 1 heterocycles. The highest BCUT2D eigenvalue weighted by Crippen LogP contribution is 2.34. The average molecular weight is 835 g/mol. The molecule has 0 saturated carbocycles. The number of carbonyl (C=O) groups is 4. The maximum absolute atomic E-state index is 13.3. The van der Waals surface area contributed by atoms with E-state index in [4.69, 9.17) is 35.3 Å². The zero-order valence-corrected chi connectivity index (χ0v) is 35.3. The number of aliphatic hydroxyl groups excluding tert-OH is 3. The lowest BCUT2D eigenvalue weighted by Crippen LogP contribution is -2.64. The number of amides is 2. The standard InChI is InChI=1S/C43H63ClN2O12/c1-43(2,3)58-37(50)20-13-10-14-21-45-36(49)19-12-9-7-6-8-11-18-30(48)23-28-16-15-17-29(22-28)27-56-34-25-33(54-4)31(24-32(34)44)41(53)46-38-40(52)39(51)35(26-47)57-42(38)55-5/h15-17,22,24-25,35,38-40,42,47,51-52H,6-14,18-21,23,26-27H2,1-5H3,(H,45,49)(H,46,53)/t35-,38-,39-,40-,42+/m1/s1. The maximum atomic E-state index is 13.3. The molecule has 1 saturated heterocycles. The van der Waals surface area contributed by atoms with E-state index in [9.17, 15) is 34.5 Å². The first-order valence-electron chi connectivity index (χ1n) is 20.2. The summed E-state index contributed by atoms with van der Waals surface area (Å²) in [5, 5.41) is 36.0. The fraction of sp³-hybridized carbons (Fsp3) is 0.628. The van der Waals surface area contributed by atoms with Gasteiger partial charge in [0.05, 0.1) is 24.3 Å². The summed E-state index contributed by atoms with van der Waals surface area (Å²) >= 11 is 6.52. The Morgan fingerprint density at radius 2 is 1.48 bits per heavy atom. The topological polar surface area (TPSA) is 199 Å². The Kier molecular flexibility index (Phi) is 20.9. The fourth-order valence-corrected chi connectivity index (χ4v) is 6.78. The van der Waals surface area contributed by atoms with Crippen molar-refractivity contribution in [3.05, 3.63) is 58.1 Å². The van der Waals surface area contributed by atoms with Gasteiger partial charge >= 0.3 is 5.97 Å². The lowest BCUT2D eigenvalue weighted by Gasteiger charge is -2.41. The second-order valence-electron chi connectivity index (χ2n) is 15.6. The lowest BCUT2D eigenvalue weighted by atomic mass is 9.96. The molecule has 0 aliphatic carbocycles. The Hall–Kier alpha value is -3.79. The van der Waals surface area contributed by atoms with Crippen molar-refractivity contribution in [1.82, 2.24) is 10.6 Å². The van der Waals surface area contributed by atoms with E-state index in [0.29, 0.717) is 32.2 Å². The largest absolute Gasteiger partial charge is 0.496 e. The van der Waals surface area contributed by atoms with Crippen molar-refractivity contribution < 1.29 is 58.2 Å². The molecule has 2 amide bonds. The number of methoxy groups -OCH3 is 2. The Morgan fingerprint density at radius 1 is 0.828 bits per heavy atom. The number of ketones is 1. The highest BCUT2D eigenvalue weighted by molar-refractivity contribution is 6.32. The number of hydrogen-bond donors (Lipinski definition) is 5. The van der Waals surface area contributed by atoms with Crippen LogP contribution in [0.3, 0.4) is 0 Å². The SMILES string of the molecule is COc1cc(OCc2cccc(CC(=O)CCCCCCCCC(=O)NCCCCCC(=O)OC(C)(C)C)c2)c(Cl)cc1C(=O)N[C@H]1[C@@H](OC)O[C@H](CO)[C@@H](O)[C@@H]1O. The van der Waals surface area contributed by atoms with Crippen LogP contribution in [0.15, 0.2) is 36.4 Å². The van der Waals surface area contributed by atoms with E-state index in [2.05, 4.69) is 10.6 Å². The first-order chi connectivity index (χ1) is 27.6. The van der Waals surface area contributed by atoms with Crippen molar-refractivity contribution in [2.75, 3.05) is 27.4 Å². The predicted molar refractivity (Wildman–Crippen MR) is 218 cm³/mol. The van der Waals surface area contributed by atoms with E-state index in [1.807, 2.05) is 45.0 Å². The van der Waals surface area contributed by atoms with Crippen LogP contribution in [0.5, 0.6) is 11.5 Å². The van der Waals surface area contributed by atoms with Crippen molar-refractivity contribution >= 4 is 35.2 Å². The van der Waals surface area contributed by atoms with Crippen LogP contribution in [-0.4, -0.2) is 103 Å². The Bertz CT molecular complexity index is 1610. The minimum absolute atomic E-state index is 0.0407. The molecular formula is C43H63ClN2O12. The Labute approximate surface area is 347 Å². The number of aliphatic hydroxyl groups is 3. The molecule has 0 radical (unpaired) electrons. The van der Waals surface area contributed by atoms with E-state index in [1.165, 1.54) is 26.4 Å². The average Bonchev–Trinajstić information content (AvgIpc) is 3.17. The first-order valence-corrected chi connectivity index (χ1v) is 20.6. The molecule has 0 aromatic heterocycles. The van der Waals surface area contributed by atoms with Crippen molar-refractivity contribution in [1.29, 1.82) is 0 Å². The number of nitrogens with one attached hydrogen (secondary N) is 2. The number of benzene rings is 2. The molecule has 1 aliphatic rings. The van der Waals surface area contributed by atoms with E-state index in [1.54, 1.807) is 0 Å². The van der Waals surface area contributed by atoms with Gasteiger partial charge in [-0.1, -0.05) is 68.0 Å². The Morgan fingerprint density at radius 3 is 2.16 bits per heavy atom. The summed E-state index contributed by atoms with van der Waals surface area (Å²) in [5.74, 6) is -0.236. The van der Waals surface area contributed by atoms with Crippen molar-refractivity contribution in [2.24, 2.45) is 0 Å². The predicted octanol–water partition coefficient (Wildman–Crippen LogP) is 5.36. The van der Waals surface area contributed by atoms with Gasteiger partial charge < -0.3 is 49.6 Å².